The molecule has 0 atom stereocenters. The van der Waals surface area contributed by atoms with Gasteiger partial charge < -0.3 is 5.32 Å². The first-order valence-corrected chi connectivity index (χ1v) is 10.8. The van der Waals surface area contributed by atoms with E-state index in [1.54, 1.807) is 12.1 Å². The van der Waals surface area contributed by atoms with Crippen LogP contribution in [-0.4, -0.2) is 32.0 Å². The monoisotopic (exact) mass is 425 g/mol. The number of carbonyl (C=O) groups is 1. The lowest BCUT2D eigenvalue weighted by Gasteiger charge is -2.22. The fourth-order valence-electron chi connectivity index (χ4n) is 2.94. The largest absolute Gasteiger partial charge is 0.324 e. The highest BCUT2D eigenvalue weighted by atomic mass is 32.2. The number of non-ortho nitro benzene ring substituents is 1. The average molecular weight is 425 g/mol. The zero-order valence-corrected chi connectivity index (χ0v) is 16.9. The quantitative estimate of drug-likeness (QED) is 0.459. The van der Waals surface area contributed by atoms with Gasteiger partial charge in [-0.2, -0.15) is 0 Å². The van der Waals surface area contributed by atoms with Crippen LogP contribution < -0.4 is 9.62 Å². The van der Waals surface area contributed by atoms with E-state index < -0.39 is 27.4 Å². The number of hydrogen-bond acceptors (Lipinski definition) is 5. The molecule has 3 aromatic carbocycles. The third-order valence-electron chi connectivity index (χ3n) is 4.30. The van der Waals surface area contributed by atoms with Crippen molar-refractivity contribution < 1.29 is 18.1 Å². The van der Waals surface area contributed by atoms with E-state index in [1.165, 1.54) is 18.2 Å². The lowest BCUT2D eigenvalue weighted by atomic mass is 10.0. The maximum Gasteiger partial charge on any atom is 0.271 e. The van der Waals surface area contributed by atoms with E-state index in [9.17, 15) is 23.3 Å². The number of nitro groups is 1. The van der Waals surface area contributed by atoms with Crippen LogP contribution in [0, 0.1) is 10.1 Å². The molecule has 0 aliphatic rings. The first kappa shape index (κ1) is 21.0. The van der Waals surface area contributed by atoms with Crippen LogP contribution in [0.25, 0.3) is 11.1 Å². The molecule has 0 fully saturated rings. The van der Waals surface area contributed by atoms with Crippen molar-refractivity contribution in [2.45, 2.75) is 0 Å². The van der Waals surface area contributed by atoms with Gasteiger partial charge in [0.25, 0.3) is 5.69 Å². The minimum atomic E-state index is -3.86. The number of nitro benzene ring substituents is 1. The molecule has 0 spiro atoms. The van der Waals surface area contributed by atoms with Crippen LogP contribution in [0.1, 0.15) is 0 Å². The summed E-state index contributed by atoms with van der Waals surface area (Å²) in [6.07, 6.45) is 0.941. The Morgan fingerprint density at radius 1 is 1.00 bits per heavy atom. The van der Waals surface area contributed by atoms with Crippen LogP contribution in [0.15, 0.2) is 78.9 Å². The SMILES string of the molecule is CS(=O)(=O)N(CC(=O)Nc1ccccc1-c1ccccc1)c1cccc([N+](=O)[O-])c1. The summed E-state index contributed by atoms with van der Waals surface area (Å²) in [4.78, 5) is 23.1. The highest BCUT2D eigenvalue weighted by molar-refractivity contribution is 7.92. The van der Waals surface area contributed by atoms with Gasteiger partial charge in [-0.3, -0.25) is 19.2 Å². The second-order valence-electron chi connectivity index (χ2n) is 6.51. The molecular weight excluding hydrogens is 406 g/mol. The van der Waals surface area contributed by atoms with Gasteiger partial charge in [0.2, 0.25) is 15.9 Å². The third kappa shape index (κ3) is 5.00. The Hall–Kier alpha value is -3.72. The van der Waals surface area contributed by atoms with E-state index in [2.05, 4.69) is 5.32 Å². The van der Waals surface area contributed by atoms with Crippen molar-refractivity contribution in [3.63, 3.8) is 0 Å². The highest BCUT2D eigenvalue weighted by Gasteiger charge is 2.23. The second-order valence-corrected chi connectivity index (χ2v) is 8.41. The van der Waals surface area contributed by atoms with Crippen molar-refractivity contribution in [2.24, 2.45) is 0 Å². The molecule has 0 saturated heterocycles. The molecule has 3 rings (SSSR count). The summed E-state index contributed by atoms with van der Waals surface area (Å²) in [5, 5.41) is 13.8. The van der Waals surface area contributed by atoms with Gasteiger partial charge in [0.1, 0.15) is 6.54 Å². The molecule has 0 radical (unpaired) electrons. The maximum absolute atomic E-state index is 12.7. The Labute approximate surface area is 174 Å². The summed E-state index contributed by atoms with van der Waals surface area (Å²) in [5.41, 5.74) is 1.98. The highest BCUT2D eigenvalue weighted by Crippen LogP contribution is 2.28. The first-order chi connectivity index (χ1) is 14.3. The topological polar surface area (TPSA) is 110 Å². The van der Waals surface area contributed by atoms with Crippen molar-refractivity contribution in [1.82, 2.24) is 0 Å². The molecule has 154 valence electrons. The van der Waals surface area contributed by atoms with Gasteiger partial charge in [0.15, 0.2) is 0 Å². The number of sulfonamides is 1. The zero-order chi connectivity index (χ0) is 21.7. The molecule has 0 unspecified atom stereocenters. The summed E-state index contributed by atoms with van der Waals surface area (Å²) in [7, 11) is -3.86. The smallest absolute Gasteiger partial charge is 0.271 e. The Morgan fingerprint density at radius 2 is 1.67 bits per heavy atom. The molecule has 8 nitrogen and oxygen atoms in total. The second kappa shape index (κ2) is 8.75. The van der Waals surface area contributed by atoms with Crippen LogP contribution in [0.5, 0.6) is 0 Å². The van der Waals surface area contributed by atoms with Crippen LogP contribution in [0.3, 0.4) is 0 Å². The van der Waals surface area contributed by atoms with Crippen LogP contribution in [-0.2, 0) is 14.8 Å². The van der Waals surface area contributed by atoms with Gasteiger partial charge in [-0.25, -0.2) is 8.42 Å². The molecule has 1 amide bonds. The predicted molar refractivity (Wildman–Crippen MR) is 116 cm³/mol. The van der Waals surface area contributed by atoms with Crippen LogP contribution in [0.4, 0.5) is 17.1 Å². The molecule has 30 heavy (non-hydrogen) atoms. The Balaban J connectivity index is 1.87. The average Bonchev–Trinajstić information content (AvgIpc) is 2.72. The molecule has 0 aliphatic heterocycles. The van der Waals surface area contributed by atoms with E-state index in [4.69, 9.17) is 0 Å². The molecule has 0 aliphatic carbocycles. The van der Waals surface area contributed by atoms with E-state index >= 15 is 0 Å². The minimum absolute atomic E-state index is 0.0400. The van der Waals surface area contributed by atoms with E-state index in [1.807, 2.05) is 42.5 Å². The Morgan fingerprint density at radius 3 is 2.33 bits per heavy atom. The fourth-order valence-corrected chi connectivity index (χ4v) is 3.79. The summed E-state index contributed by atoms with van der Waals surface area (Å²) in [6.45, 7) is -0.525. The van der Waals surface area contributed by atoms with Gasteiger partial charge in [-0.15, -0.1) is 0 Å². The molecule has 0 heterocycles. The van der Waals surface area contributed by atoms with Crippen molar-refractivity contribution in [2.75, 3.05) is 22.4 Å². The van der Waals surface area contributed by atoms with E-state index in [-0.39, 0.29) is 11.4 Å². The van der Waals surface area contributed by atoms with Gasteiger partial charge in [-0.1, -0.05) is 54.6 Å². The molecule has 3 aromatic rings. The van der Waals surface area contributed by atoms with Crippen molar-refractivity contribution in [1.29, 1.82) is 0 Å². The van der Waals surface area contributed by atoms with Crippen molar-refractivity contribution in [3.05, 3.63) is 89.0 Å². The Kier molecular flexibility index (Phi) is 6.12. The minimum Gasteiger partial charge on any atom is -0.324 e. The molecule has 0 bridgehead atoms. The van der Waals surface area contributed by atoms with Crippen LogP contribution >= 0.6 is 0 Å². The molecule has 0 saturated carbocycles. The van der Waals surface area contributed by atoms with Gasteiger partial charge >= 0.3 is 0 Å². The van der Waals surface area contributed by atoms with E-state index in [0.29, 0.717) is 5.69 Å². The van der Waals surface area contributed by atoms with Gasteiger partial charge in [0.05, 0.1) is 16.9 Å². The normalized spacial score (nSPS) is 11.0. The Bertz CT molecular complexity index is 1180. The molecule has 1 N–H and O–H groups in total. The number of para-hydroxylation sites is 1. The predicted octanol–water partition coefficient (Wildman–Crippen LogP) is 3.67. The lowest BCUT2D eigenvalue weighted by molar-refractivity contribution is -0.384. The number of anilines is 2. The first-order valence-electron chi connectivity index (χ1n) is 8.92. The summed E-state index contributed by atoms with van der Waals surface area (Å²) in [5.74, 6) is -0.574. The van der Waals surface area contributed by atoms with Crippen molar-refractivity contribution in [3.8, 4) is 11.1 Å². The number of nitrogens with one attached hydrogen (secondary N) is 1. The summed E-state index contributed by atoms with van der Waals surface area (Å²) < 4.78 is 25.4. The molecular formula is C21H19N3O5S. The zero-order valence-electron chi connectivity index (χ0n) is 16.1. The summed E-state index contributed by atoms with van der Waals surface area (Å²) in [6, 6.07) is 21.7. The van der Waals surface area contributed by atoms with Crippen molar-refractivity contribution >= 4 is 33.0 Å². The lowest BCUT2D eigenvalue weighted by Crippen LogP contribution is -2.37. The third-order valence-corrected chi connectivity index (χ3v) is 5.44. The maximum atomic E-state index is 12.7. The van der Waals surface area contributed by atoms with Gasteiger partial charge in [-0.05, 0) is 17.7 Å². The van der Waals surface area contributed by atoms with Gasteiger partial charge in [0, 0.05) is 23.4 Å². The number of benzene rings is 3. The number of carbonyl (C=O) groups excluding carboxylic acids is 1. The summed E-state index contributed by atoms with van der Waals surface area (Å²) >= 11 is 0. The molecule has 0 aromatic heterocycles. The fraction of sp³-hybridized carbons (Fsp3) is 0.0952. The number of nitrogens with zero attached hydrogens (tertiary/aromatic N) is 2. The number of amides is 1. The van der Waals surface area contributed by atoms with Crippen LogP contribution in [0.2, 0.25) is 0 Å². The standard InChI is InChI=1S/C21H19N3O5S/c1-30(28,29)23(17-10-7-11-18(14-17)24(26)27)15-21(25)22-20-13-6-5-12-19(20)16-8-3-2-4-9-16/h2-14H,15H2,1H3,(H,22,25). The number of hydrogen-bond donors (Lipinski definition) is 1. The molecule has 9 heteroatoms. The number of rotatable bonds is 7. The van der Waals surface area contributed by atoms with E-state index in [0.717, 1.165) is 27.8 Å².